The number of β-amino-alcohol motifs (C(OH)–C–C–N with tert-alkyl or cyclic N) is 1. The molecule has 1 aliphatic rings. The molecule has 0 aliphatic carbocycles. The van der Waals surface area contributed by atoms with E-state index in [9.17, 15) is 9.90 Å². The van der Waals surface area contributed by atoms with Crippen LogP contribution in [0.4, 0.5) is 0 Å². The van der Waals surface area contributed by atoms with Crippen molar-refractivity contribution in [3.05, 3.63) is 35.9 Å². The molecule has 1 N–H and O–H groups in total. The second kappa shape index (κ2) is 6.31. The van der Waals surface area contributed by atoms with E-state index in [0.29, 0.717) is 19.7 Å². The second-order valence-electron chi connectivity index (χ2n) is 5.76. The van der Waals surface area contributed by atoms with E-state index in [1.54, 1.807) is 11.0 Å². The Balaban J connectivity index is 1.98. The zero-order valence-corrected chi connectivity index (χ0v) is 12.9. The normalized spacial score (nSPS) is 17.1. The number of benzene rings is 1. The quantitative estimate of drug-likeness (QED) is 0.846. The lowest BCUT2D eigenvalue weighted by atomic mass is 9.83. The van der Waals surface area contributed by atoms with E-state index in [0.717, 1.165) is 11.3 Å². The lowest BCUT2D eigenvalue weighted by Gasteiger charge is -2.48. The van der Waals surface area contributed by atoms with Crippen LogP contribution in [0.3, 0.4) is 0 Å². The summed E-state index contributed by atoms with van der Waals surface area (Å²) in [6.07, 6.45) is 3.30. The van der Waals surface area contributed by atoms with Crippen LogP contribution in [0.2, 0.25) is 0 Å². The lowest BCUT2D eigenvalue weighted by molar-refractivity contribution is -0.158. The molecular weight excluding hydrogens is 266 g/mol. The minimum absolute atomic E-state index is 0.0772. The molecule has 0 bridgehead atoms. The number of nitrogens with zero attached hydrogens (tertiary/aromatic N) is 1. The number of para-hydroxylation sites is 1. The fourth-order valence-electron chi connectivity index (χ4n) is 2.31. The first-order valence-electron chi connectivity index (χ1n) is 7.37. The van der Waals surface area contributed by atoms with Gasteiger partial charge < -0.3 is 14.7 Å². The zero-order chi connectivity index (χ0) is 15.5. The average molecular weight is 289 g/mol. The predicted octanol–water partition coefficient (Wildman–Crippen LogP) is 2.33. The Morgan fingerprint density at radius 2 is 2.10 bits per heavy atom. The number of amides is 1. The molecule has 4 heteroatoms. The van der Waals surface area contributed by atoms with Gasteiger partial charge in [-0.1, -0.05) is 32.0 Å². The van der Waals surface area contributed by atoms with Gasteiger partial charge in [-0.3, -0.25) is 4.79 Å². The van der Waals surface area contributed by atoms with Gasteiger partial charge in [0.15, 0.2) is 0 Å². The van der Waals surface area contributed by atoms with E-state index in [-0.39, 0.29) is 11.8 Å². The summed E-state index contributed by atoms with van der Waals surface area (Å²) in [4.78, 5) is 13.7. The van der Waals surface area contributed by atoms with E-state index >= 15 is 0 Å². The van der Waals surface area contributed by atoms with Crippen LogP contribution in [0.1, 0.15) is 26.3 Å². The van der Waals surface area contributed by atoms with Crippen LogP contribution < -0.4 is 4.74 Å². The highest BCUT2D eigenvalue weighted by Gasteiger charge is 2.45. The molecule has 1 aromatic rings. The topological polar surface area (TPSA) is 49.8 Å². The van der Waals surface area contributed by atoms with E-state index in [4.69, 9.17) is 4.74 Å². The van der Waals surface area contributed by atoms with E-state index in [2.05, 4.69) is 0 Å². The van der Waals surface area contributed by atoms with Crippen molar-refractivity contribution in [1.82, 2.24) is 4.90 Å². The van der Waals surface area contributed by atoms with Crippen LogP contribution in [0.15, 0.2) is 30.3 Å². The summed E-state index contributed by atoms with van der Waals surface area (Å²) in [6, 6.07) is 7.61. The smallest absolute Gasteiger partial charge is 0.246 e. The SMILES string of the molecule is CCOc1ccccc1C=CC(=O)N1CC(O)(C(C)C)C1. The van der Waals surface area contributed by atoms with Crippen LogP contribution in [-0.4, -0.2) is 41.2 Å². The van der Waals surface area contributed by atoms with E-state index in [1.807, 2.05) is 45.0 Å². The fraction of sp³-hybridized carbons (Fsp3) is 0.471. The third-order valence-electron chi connectivity index (χ3n) is 3.94. The minimum Gasteiger partial charge on any atom is -0.493 e. The highest BCUT2D eigenvalue weighted by molar-refractivity contribution is 5.92. The van der Waals surface area contributed by atoms with Crippen molar-refractivity contribution in [3.63, 3.8) is 0 Å². The molecule has 1 aliphatic heterocycles. The summed E-state index contributed by atoms with van der Waals surface area (Å²) >= 11 is 0. The summed E-state index contributed by atoms with van der Waals surface area (Å²) in [7, 11) is 0. The van der Waals surface area contributed by atoms with Gasteiger partial charge in [0.25, 0.3) is 0 Å². The van der Waals surface area contributed by atoms with Crippen molar-refractivity contribution in [2.45, 2.75) is 26.4 Å². The van der Waals surface area contributed by atoms with Crippen molar-refractivity contribution in [2.75, 3.05) is 19.7 Å². The third kappa shape index (κ3) is 3.45. The second-order valence-corrected chi connectivity index (χ2v) is 5.76. The van der Waals surface area contributed by atoms with Crippen LogP contribution in [0, 0.1) is 5.92 Å². The van der Waals surface area contributed by atoms with Crippen LogP contribution >= 0.6 is 0 Å². The molecule has 2 rings (SSSR count). The molecule has 21 heavy (non-hydrogen) atoms. The maximum absolute atomic E-state index is 12.1. The van der Waals surface area contributed by atoms with Crippen LogP contribution in [0.25, 0.3) is 6.08 Å². The summed E-state index contributed by atoms with van der Waals surface area (Å²) in [5, 5.41) is 10.2. The number of hydrogen-bond donors (Lipinski definition) is 1. The van der Waals surface area contributed by atoms with Crippen molar-refractivity contribution in [2.24, 2.45) is 5.92 Å². The summed E-state index contributed by atoms with van der Waals surface area (Å²) < 4.78 is 5.52. The zero-order valence-electron chi connectivity index (χ0n) is 12.9. The summed E-state index contributed by atoms with van der Waals surface area (Å²) in [5.41, 5.74) is 0.152. The molecule has 0 atom stereocenters. The summed E-state index contributed by atoms with van der Waals surface area (Å²) in [6.45, 7) is 7.26. The Kier molecular flexibility index (Phi) is 4.68. The Bertz CT molecular complexity index is 531. The van der Waals surface area contributed by atoms with E-state index < -0.39 is 5.60 Å². The molecule has 0 spiro atoms. The van der Waals surface area contributed by atoms with Gasteiger partial charge in [-0.2, -0.15) is 0 Å². The third-order valence-corrected chi connectivity index (χ3v) is 3.94. The first-order chi connectivity index (χ1) is 9.96. The maximum Gasteiger partial charge on any atom is 0.246 e. The summed E-state index contributed by atoms with van der Waals surface area (Å²) in [5.74, 6) is 0.849. The van der Waals surface area contributed by atoms with Gasteiger partial charge in [-0.15, -0.1) is 0 Å². The largest absolute Gasteiger partial charge is 0.493 e. The molecule has 1 aromatic carbocycles. The van der Waals surface area contributed by atoms with Gasteiger partial charge in [0, 0.05) is 11.6 Å². The van der Waals surface area contributed by atoms with Gasteiger partial charge in [-0.05, 0) is 25.0 Å². The molecule has 0 radical (unpaired) electrons. The highest BCUT2D eigenvalue weighted by atomic mass is 16.5. The monoisotopic (exact) mass is 289 g/mol. The Labute approximate surface area is 126 Å². The Morgan fingerprint density at radius 3 is 2.71 bits per heavy atom. The number of hydrogen-bond acceptors (Lipinski definition) is 3. The number of carbonyl (C=O) groups is 1. The first kappa shape index (κ1) is 15.6. The molecule has 114 valence electrons. The van der Waals surface area contributed by atoms with Crippen molar-refractivity contribution in [1.29, 1.82) is 0 Å². The van der Waals surface area contributed by atoms with Gasteiger partial charge in [0.2, 0.25) is 5.91 Å². The van der Waals surface area contributed by atoms with Crippen molar-refractivity contribution >= 4 is 12.0 Å². The number of aliphatic hydroxyl groups is 1. The Hall–Kier alpha value is -1.81. The lowest BCUT2D eigenvalue weighted by Crippen LogP contribution is -2.65. The Morgan fingerprint density at radius 1 is 1.43 bits per heavy atom. The molecule has 0 unspecified atom stereocenters. The maximum atomic E-state index is 12.1. The molecule has 1 saturated heterocycles. The van der Waals surface area contributed by atoms with Crippen molar-refractivity contribution < 1.29 is 14.6 Å². The van der Waals surface area contributed by atoms with Gasteiger partial charge in [-0.25, -0.2) is 0 Å². The highest BCUT2D eigenvalue weighted by Crippen LogP contribution is 2.29. The van der Waals surface area contributed by atoms with Crippen LogP contribution in [-0.2, 0) is 4.79 Å². The fourth-order valence-corrected chi connectivity index (χ4v) is 2.31. The van der Waals surface area contributed by atoms with Crippen molar-refractivity contribution in [3.8, 4) is 5.75 Å². The number of ether oxygens (including phenoxy) is 1. The number of rotatable bonds is 5. The molecule has 1 heterocycles. The molecule has 1 fully saturated rings. The van der Waals surface area contributed by atoms with E-state index in [1.165, 1.54) is 6.08 Å². The number of carbonyl (C=O) groups excluding carboxylic acids is 1. The molecule has 0 aromatic heterocycles. The standard InChI is InChI=1S/C17H23NO3/c1-4-21-15-8-6-5-7-14(15)9-10-16(19)18-11-17(20,12-18)13(2)3/h5-10,13,20H,4,11-12H2,1-3H3. The molecule has 4 nitrogen and oxygen atoms in total. The molecular formula is C17H23NO3. The van der Waals surface area contributed by atoms with Gasteiger partial charge in [0.05, 0.1) is 19.7 Å². The average Bonchev–Trinajstić information content (AvgIpc) is 2.42. The predicted molar refractivity (Wildman–Crippen MR) is 83.0 cm³/mol. The van der Waals surface area contributed by atoms with Gasteiger partial charge in [0.1, 0.15) is 11.4 Å². The number of likely N-dealkylation sites (tertiary alicyclic amines) is 1. The van der Waals surface area contributed by atoms with Crippen LogP contribution in [0.5, 0.6) is 5.75 Å². The van der Waals surface area contributed by atoms with Gasteiger partial charge >= 0.3 is 0 Å². The first-order valence-corrected chi connectivity index (χ1v) is 7.37. The molecule has 1 amide bonds. The minimum atomic E-state index is -0.729. The molecule has 0 saturated carbocycles.